The zero-order chi connectivity index (χ0) is 23.8. The molecular weight excluding hydrogens is 436 g/mol. The van der Waals surface area contributed by atoms with Crippen molar-refractivity contribution >= 4 is 22.2 Å². The molecule has 0 aliphatic carbocycles. The summed E-state index contributed by atoms with van der Waals surface area (Å²) in [5, 5.41) is 9.82. The maximum atomic E-state index is 6.03. The topological polar surface area (TPSA) is 82.4 Å². The highest BCUT2D eigenvalue weighted by molar-refractivity contribution is 5.86. The SMILES string of the molecule is Cc1cc2c(CN)cccc2n1-c1nc(NCc2ccccc2)c2ccc(C3CCOCC3)n2n1. The number of nitrogens with zero attached hydrogens (tertiary/aromatic N) is 4. The van der Waals surface area contributed by atoms with E-state index in [9.17, 15) is 0 Å². The predicted octanol–water partition coefficient (Wildman–Crippen LogP) is 4.95. The van der Waals surface area contributed by atoms with Crippen LogP contribution in [0.3, 0.4) is 0 Å². The average Bonchev–Trinajstić information content (AvgIpc) is 3.48. The van der Waals surface area contributed by atoms with E-state index in [1.807, 2.05) is 6.07 Å². The van der Waals surface area contributed by atoms with Crippen molar-refractivity contribution in [1.82, 2.24) is 19.2 Å². The van der Waals surface area contributed by atoms with Crippen LogP contribution >= 0.6 is 0 Å². The third-order valence-electron chi connectivity index (χ3n) is 7.01. The minimum absolute atomic E-state index is 0.419. The molecule has 7 heteroatoms. The predicted molar refractivity (Wildman–Crippen MR) is 139 cm³/mol. The van der Waals surface area contributed by atoms with E-state index < -0.39 is 0 Å². The van der Waals surface area contributed by atoms with Gasteiger partial charge in [-0.05, 0) is 55.2 Å². The lowest BCUT2D eigenvalue weighted by molar-refractivity contribution is 0.0841. The first kappa shape index (κ1) is 21.8. The molecule has 4 heterocycles. The molecule has 0 atom stereocenters. The van der Waals surface area contributed by atoms with Gasteiger partial charge in [0.2, 0.25) is 0 Å². The van der Waals surface area contributed by atoms with Crippen molar-refractivity contribution in [3.63, 3.8) is 0 Å². The lowest BCUT2D eigenvalue weighted by Gasteiger charge is -2.22. The minimum Gasteiger partial charge on any atom is -0.381 e. The first-order valence-corrected chi connectivity index (χ1v) is 12.3. The van der Waals surface area contributed by atoms with E-state index in [0.717, 1.165) is 59.6 Å². The molecule has 1 aliphatic rings. The second kappa shape index (κ2) is 9.17. The summed E-state index contributed by atoms with van der Waals surface area (Å²) < 4.78 is 9.84. The lowest BCUT2D eigenvalue weighted by Crippen LogP contribution is -2.18. The molecule has 3 aromatic heterocycles. The van der Waals surface area contributed by atoms with Gasteiger partial charge in [-0.1, -0.05) is 42.5 Å². The second-order valence-corrected chi connectivity index (χ2v) is 9.22. The molecule has 178 valence electrons. The van der Waals surface area contributed by atoms with Crippen LogP contribution in [0.1, 0.15) is 41.3 Å². The van der Waals surface area contributed by atoms with Gasteiger partial charge in [-0.3, -0.25) is 4.57 Å². The number of ether oxygens (including phenoxy) is 1. The Morgan fingerprint density at radius 2 is 1.83 bits per heavy atom. The van der Waals surface area contributed by atoms with E-state index >= 15 is 0 Å². The molecule has 0 saturated carbocycles. The molecule has 2 aromatic carbocycles. The minimum atomic E-state index is 0.419. The summed E-state index contributed by atoms with van der Waals surface area (Å²) in [7, 11) is 0. The van der Waals surface area contributed by atoms with E-state index in [1.165, 1.54) is 11.3 Å². The zero-order valence-electron chi connectivity index (χ0n) is 19.9. The van der Waals surface area contributed by atoms with E-state index in [0.29, 0.717) is 25.0 Å². The molecule has 35 heavy (non-hydrogen) atoms. The van der Waals surface area contributed by atoms with Crippen LogP contribution in [0.25, 0.3) is 22.4 Å². The molecule has 0 amide bonds. The number of hydrogen-bond donors (Lipinski definition) is 2. The highest BCUT2D eigenvalue weighted by atomic mass is 16.5. The Hall–Kier alpha value is -3.68. The highest BCUT2D eigenvalue weighted by Gasteiger charge is 2.22. The van der Waals surface area contributed by atoms with Crippen LogP contribution in [0.2, 0.25) is 0 Å². The zero-order valence-corrected chi connectivity index (χ0v) is 19.9. The first-order valence-electron chi connectivity index (χ1n) is 12.3. The summed E-state index contributed by atoms with van der Waals surface area (Å²) >= 11 is 0. The molecule has 0 bridgehead atoms. The molecule has 1 aliphatic heterocycles. The third kappa shape index (κ3) is 3.96. The number of anilines is 1. The summed E-state index contributed by atoms with van der Waals surface area (Å²) in [6, 6.07) is 23.2. The molecule has 5 aromatic rings. The number of fused-ring (bicyclic) bond motifs is 2. The van der Waals surface area contributed by atoms with Crippen molar-refractivity contribution in [3.05, 3.63) is 89.2 Å². The number of rotatable bonds is 6. The summed E-state index contributed by atoms with van der Waals surface area (Å²) in [5.74, 6) is 1.90. The molecule has 7 nitrogen and oxygen atoms in total. The quantitative estimate of drug-likeness (QED) is 0.370. The third-order valence-corrected chi connectivity index (χ3v) is 7.01. The fraction of sp³-hybridized carbons (Fsp3) is 0.286. The number of benzene rings is 2. The summed E-state index contributed by atoms with van der Waals surface area (Å²) in [6.07, 6.45) is 2.01. The Balaban J connectivity index is 1.51. The molecule has 0 unspecified atom stereocenters. The van der Waals surface area contributed by atoms with Crippen molar-refractivity contribution in [2.45, 2.75) is 38.8 Å². The van der Waals surface area contributed by atoms with Gasteiger partial charge in [-0.2, -0.15) is 4.98 Å². The number of aromatic nitrogens is 4. The van der Waals surface area contributed by atoms with Crippen molar-refractivity contribution in [3.8, 4) is 5.95 Å². The maximum absolute atomic E-state index is 6.03. The van der Waals surface area contributed by atoms with E-state index in [4.69, 9.17) is 20.6 Å². The van der Waals surface area contributed by atoms with Crippen LogP contribution in [-0.2, 0) is 17.8 Å². The van der Waals surface area contributed by atoms with Gasteiger partial charge < -0.3 is 15.8 Å². The van der Waals surface area contributed by atoms with Crippen LogP contribution in [-0.4, -0.2) is 32.4 Å². The number of hydrogen-bond acceptors (Lipinski definition) is 5. The van der Waals surface area contributed by atoms with Crippen LogP contribution in [0, 0.1) is 6.92 Å². The Labute approximate surface area is 204 Å². The van der Waals surface area contributed by atoms with E-state index in [1.54, 1.807) is 0 Å². The Morgan fingerprint density at radius 3 is 2.63 bits per heavy atom. The van der Waals surface area contributed by atoms with Crippen molar-refractivity contribution in [2.24, 2.45) is 5.73 Å². The largest absolute Gasteiger partial charge is 0.381 e. The van der Waals surface area contributed by atoms with Crippen molar-refractivity contribution in [2.75, 3.05) is 18.5 Å². The standard InChI is InChI=1S/C28H30N6O/c1-19-16-23-22(17-29)8-5-9-25(23)33(19)28-31-27(30-18-20-6-3-2-4-7-20)26-11-10-24(34(26)32-28)21-12-14-35-15-13-21/h2-11,16,21H,12-15,17-18,29H2,1H3,(H,30,31,32). The van der Waals surface area contributed by atoms with Gasteiger partial charge in [0, 0.05) is 49.0 Å². The maximum Gasteiger partial charge on any atom is 0.254 e. The van der Waals surface area contributed by atoms with Crippen LogP contribution in [0.15, 0.2) is 66.7 Å². The monoisotopic (exact) mass is 466 g/mol. The molecule has 1 saturated heterocycles. The van der Waals surface area contributed by atoms with E-state index in [2.05, 4.69) is 82.0 Å². The lowest BCUT2D eigenvalue weighted by atomic mass is 9.97. The summed E-state index contributed by atoms with van der Waals surface area (Å²) in [4.78, 5) is 5.05. The normalized spacial score (nSPS) is 14.7. The molecule has 3 N–H and O–H groups in total. The first-order chi connectivity index (χ1) is 17.2. The van der Waals surface area contributed by atoms with Gasteiger partial charge in [0.25, 0.3) is 5.95 Å². The van der Waals surface area contributed by atoms with Crippen LogP contribution in [0.5, 0.6) is 0 Å². The van der Waals surface area contributed by atoms with Gasteiger partial charge >= 0.3 is 0 Å². The summed E-state index contributed by atoms with van der Waals surface area (Å²) in [5.41, 5.74) is 12.7. The van der Waals surface area contributed by atoms with Crippen molar-refractivity contribution < 1.29 is 4.74 Å². The average molecular weight is 467 g/mol. The Morgan fingerprint density at radius 1 is 1.00 bits per heavy atom. The molecule has 6 rings (SSSR count). The van der Waals surface area contributed by atoms with Gasteiger partial charge in [0.15, 0.2) is 5.82 Å². The molecule has 0 radical (unpaired) electrons. The number of nitrogens with one attached hydrogen (secondary N) is 1. The van der Waals surface area contributed by atoms with Crippen molar-refractivity contribution in [1.29, 1.82) is 0 Å². The molecular formula is C28H30N6O. The fourth-order valence-corrected chi connectivity index (χ4v) is 5.18. The fourth-order valence-electron chi connectivity index (χ4n) is 5.18. The van der Waals surface area contributed by atoms with Gasteiger partial charge in [0.05, 0.1) is 5.52 Å². The van der Waals surface area contributed by atoms with Crippen LogP contribution < -0.4 is 11.1 Å². The molecule has 0 spiro atoms. The second-order valence-electron chi connectivity index (χ2n) is 9.22. The van der Waals surface area contributed by atoms with Crippen LogP contribution in [0.4, 0.5) is 5.82 Å². The highest BCUT2D eigenvalue weighted by Crippen LogP contribution is 2.31. The Bertz CT molecular complexity index is 1480. The number of aryl methyl sites for hydroxylation is 1. The van der Waals surface area contributed by atoms with Gasteiger partial charge in [-0.25, -0.2) is 4.52 Å². The smallest absolute Gasteiger partial charge is 0.254 e. The van der Waals surface area contributed by atoms with Gasteiger partial charge in [-0.15, -0.1) is 5.10 Å². The summed E-state index contributed by atoms with van der Waals surface area (Å²) in [6.45, 7) is 4.86. The Kier molecular flexibility index (Phi) is 5.72. The van der Waals surface area contributed by atoms with E-state index in [-0.39, 0.29) is 0 Å². The molecule has 1 fully saturated rings. The number of nitrogens with two attached hydrogens (primary N) is 1. The van der Waals surface area contributed by atoms with Gasteiger partial charge in [0.1, 0.15) is 5.52 Å².